The Balaban J connectivity index is 1.40. The molecule has 2 fully saturated rings. The minimum atomic E-state index is -4.02. The molecule has 1 aliphatic carbocycles. The van der Waals surface area contributed by atoms with Gasteiger partial charge in [-0.25, -0.2) is 18.2 Å². The van der Waals surface area contributed by atoms with Gasteiger partial charge in [-0.15, -0.1) is 20.7 Å². The Morgan fingerprint density at radius 3 is 2.53 bits per heavy atom. The second kappa shape index (κ2) is 17.1. The van der Waals surface area contributed by atoms with Crippen molar-refractivity contribution in [1.82, 2.24) is 25.2 Å². The number of carbonyl (C=O) groups is 4. The third kappa shape index (κ3) is 9.47. The van der Waals surface area contributed by atoms with Gasteiger partial charge in [0, 0.05) is 17.4 Å². The van der Waals surface area contributed by atoms with Crippen LogP contribution in [0.1, 0.15) is 117 Å². The lowest BCUT2D eigenvalue weighted by molar-refractivity contribution is -0.141. The van der Waals surface area contributed by atoms with Crippen LogP contribution in [0.3, 0.4) is 0 Å². The van der Waals surface area contributed by atoms with Gasteiger partial charge in [0.1, 0.15) is 40.8 Å². The van der Waals surface area contributed by atoms with E-state index in [0.29, 0.717) is 56.4 Å². The van der Waals surface area contributed by atoms with Crippen LogP contribution in [0.4, 0.5) is 4.79 Å². The number of halogens is 1. The van der Waals surface area contributed by atoms with Crippen LogP contribution < -0.4 is 24.8 Å². The van der Waals surface area contributed by atoms with E-state index in [1.807, 2.05) is 44.2 Å². The molecule has 1 aromatic heterocycles. The predicted octanol–water partition coefficient (Wildman–Crippen LogP) is 5.70. The number of aromatic nitrogens is 1. The normalized spacial score (nSPS) is 27.0. The number of carbonyl (C=O) groups excluding carboxylic acids is 4. The number of sulfonamides is 1. The summed E-state index contributed by atoms with van der Waals surface area (Å²) >= 11 is -0.969. The minimum absolute atomic E-state index is 0.0148. The van der Waals surface area contributed by atoms with E-state index in [0.717, 1.165) is 35.0 Å². The van der Waals surface area contributed by atoms with Gasteiger partial charge in [-0.05, 0) is 96.8 Å². The van der Waals surface area contributed by atoms with Gasteiger partial charge < -0.3 is 29.7 Å². The molecular formula is C42H58IN5O9S. The Morgan fingerprint density at radius 1 is 1.14 bits per heavy atom. The highest BCUT2D eigenvalue weighted by molar-refractivity contribution is 14.2. The number of nitrogens with one attached hydrogen (secondary N) is 3. The number of hydrogen-bond acceptors (Lipinski definition) is 10. The maximum absolute atomic E-state index is 14.9. The third-order valence-electron chi connectivity index (χ3n) is 11.5. The Kier molecular flexibility index (Phi) is 12.9. The molecule has 4 aliphatic rings. The van der Waals surface area contributed by atoms with Crippen LogP contribution in [-0.2, 0) is 35.6 Å². The molecule has 16 heteroatoms. The lowest BCUT2D eigenvalue weighted by Crippen LogP contribution is -2.59. The van der Waals surface area contributed by atoms with Crippen molar-refractivity contribution >= 4 is 70.0 Å². The van der Waals surface area contributed by atoms with Crippen molar-refractivity contribution in [2.24, 2.45) is 0 Å². The molecule has 0 radical (unpaired) electrons. The number of benzene rings is 1. The fraction of sp³-hybridized carbons (Fsp3) is 0.619. The molecule has 318 valence electrons. The lowest BCUT2D eigenvalue weighted by atomic mass is 9.86. The van der Waals surface area contributed by atoms with Crippen molar-refractivity contribution in [3.63, 3.8) is 0 Å². The van der Waals surface area contributed by atoms with Crippen LogP contribution >= 0.6 is 20.7 Å². The molecule has 0 bridgehead atoms. The van der Waals surface area contributed by atoms with Crippen molar-refractivity contribution < 1.29 is 41.8 Å². The van der Waals surface area contributed by atoms with Gasteiger partial charge in [0.25, 0.3) is 5.91 Å². The Labute approximate surface area is 351 Å². The molecular weight excluding hydrogens is 877 g/mol. The number of hydrogen-bond donors (Lipinski definition) is 3. The predicted molar refractivity (Wildman–Crippen MR) is 231 cm³/mol. The summed E-state index contributed by atoms with van der Waals surface area (Å²) in [6.45, 7) is 10.9. The molecule has 1 aromatic carbocycles. The number of aryl methyl sites for hydroxylation is 1. The molecule has 3 aliphatic heterocycles. The summed E-state index contributed by atoms with van der Waals surface area (Å²) in [7, 11) is -2.41. The summed E-state index contributed by atoms with van der Waals surface area (Å²) in [5, 5.41) is 6.60. The summed E-state index contributed by atoms with van der Waals surface area (Å²) in [4.78, 5) is 63.3. The first kappa shape index (κ1) is 43.8. The number of nitrogens with zero attached hydrogens (tertiary/aromatic N) is 2. The molecule has 1 spiro atoms. The number of ether oxygens (including phenoxy) is 3. The van der Waals surface area contributed by atoms with Gasteiger partial charge in [-0.2, -0.15) is 0 Å². The zero-order chi connectivity index (χ0) is 42.2. The Morgan fingerprint density at radius 2 is 1.88 bits per heavy atom. The van der Waals surface area contributed by atoms with E-state index >= 15 is 0 Å². The van der Waals surface area contributed by atoms with Crippen LogP contribution in [0, 0.1) is 0 Å². The number of fused-ring (bicyclic) bond motifs is 4. The minimum Gasteiger partial charge on any atom is -0.497 e. The lowest BCUT2D eigenvalue weighted by Gasteiger charge is -2.37. The first-order chi connectivity index (χ1) is 27.3. The van der Waals surface area contributed by atoms with Crippen LogP contribution in [0.5, 0.6) is 11.5 Å². The smallest absolute Gasteiger partial charge is 0.408 e. The fourth-order valence-corrected chi connectivity index (χ4v) is 10.8. The Bertz CT molecular complexity index is 2100. The molecule has 4 amide bonds. The largest absolute Gasteiger partial charge is 0.497 e. The van der Waals surface area contributed by atoms with Crippen molar-refractivity contribution in [3.8, 4) is 11.5 Å². The zero-order valence-corrected chi connectivity index (χ0v) is 37.6. The molecule has 6 rings (SSSR count). The number of alkyl halides is 1. The number of amides is 4. The zero-order valence-electron chi connectivity index (χ0n) is 34.6. The quantitative estimate of drug-likeness (QED) is 0.177. The average molecular weight is 936 g/mol. The van der Waals surface area contributed by atoms with Crippen LogP contribution in [0.2, 0.25) is 0 Å². The summed E-state index contributed by atoms with van der Waals surface area (Å²) in [5.41, 5.74) is 0.704. The van der Waals surface area contributed by atoms with Crippen molar-refractivity contribution in [1.29, 1.82) is 0 Å². The SMILES string of the molecule is C=I[C@H]1/C=C\CCCCC[C@H](NC(=O)OC(C)(C)C)C(=O)N2C[C@@]3(CCc4c(c(C(C)C)nc5ccc(OC)cc45)O3)C[C@H]2C(=O)NC1C(=O)NS(=O)(=O)C1(C)CC1. The van der Waals surface area contributed by atoms with Gasteiger partial charge in [0.05, 0.1) is 33.5 Å². The second-order valence-electron chi connectivity index (χ2n) is 17.6. The van der Waals surface area contributed by atoms with Crippen molar-refractivity contribution in [2.75, 3.05) is 13.7 Å². The van der Waals surface area contributed by atoms with E-state index in [1.165, 1.54) is 4.90 Å². The summed E-state index contributed by atoms with van der Waals surface area (Å²) in [6.07, 6.45) is 8.16. The summed E-state index contributed by atoms with van der Waals surface area (Å²) < 4.78 is 49.6. The Hall–Kier alpha value is -3.80. The van der Waals surface area contributed by atoms with Crippen LogP contribution in [0.15, 0.2) is 30.4 Å². The average Bonchev–Trinajstić information content (AvgIpc) is 3.82. The van der Waals surface area contributed by atoms with Crippen molar-refractivity contribution in [2.45, 2.75) is 150 Å². The molecule has 2 aromatic rings. The van der Waals surface area contributed by atoms with Crippen LogP contribution in [0.25, 0.3) is 10.9 Å². The summed E-state index contributed by atoms with van der Waals surface area (Å²) in [6, 6.07) is 2.35. The topological polar surface area (TPSA) is 182 Å². The fourth-order valence-electron chi connectivity index (χ4n) is 7.96. The highest BCUT2D eigenvalue weighted by Crippen LogP contribution is 2.47. The van der Waals surface area contributed by atoms with Crippen molar-refractivity contribution in [3.05, 3.63) is 41.6 Å². The van der Waals surface area contributed by atoms with Gasteiger partial charge in [0.2, 0.25) is 21.8 Å². The molecule has 58 heavy (non-hydrogen) atoms. The molecule has 14 nitrogen and oxygen atoms in total. The number of pyridine rings is 1. The first-order valence-electron chi connectivity index (χ1n) is 20.2. The maximum atomic E-state index is 14.9. The van der Waals surface area contributed by atoms with Gasteiger partial charge in [-0.3, -0.25) is 19.1 Å². The van der Waals surface area contributed by atoms with Gasteiger partial charge >= 0.3 is 6.09 Å². The number of rotatable bonds is 7. The molecule has 3 N–H and O–H groups in total. The van der Waals surface area contributed by atoms with E-state index in [9.17, 15) is 27.6 Å². The number of methoxy groups -OCH3 is 1. The van der Waals surface area contributed by atoms with Gasteiger partial charge in [-0.1, -0.05) is 43.4 Å². The second-order valence-corrected chi connectivity index (χ2v) is 22.1. The maximum Gasteiger partial charge on any atom is 0.408 e. The van der Waals surface area contributed by atoms with E-state index in [1.54, 1.807) is 34.8 Å². The number of alkyl carbamates (subject to hydrolysis) is 1. The molecule has 5 atom stereocenters. The molecule has 1 saturated carbocycles. The summed E-state index contributed by atoms with van der Waals surface area (Å²) in [5.74, 6) is -0.647. The molecule has 4 heterocycles. The van der Waals surface area contributed by atoms with Gasteiger partial charge in [0.15, 0.2) is 0 Å². The highest BCUT2D eigenvalue weighted by atomic mass is 127. The van der Waals surface area contributed by atoms with E-state index in [2.05, 4.69) is 19.9 Å². The monoisotopic (exact) mass is 935 g/mol. The third-order valence-corrected chi connectivity index (χ3v) is 15.9. The van der Waals surface area contributed by atoms with E-state index in [-0.39, 0.29) is 18.9 Å². The molecule has 1 unspecified atom stereocenters. The van der Waals surface area contributed by atoms with E-state index in [4.69, 9.17) is 19.2 Å². The molecule has 1 saturated heterocycles. The number of allylic oxidation sites excluding steroid dienone is 1. The van der Waals surface area contributed by atoms with Crippen LogP contribution in [-0.4, -0.2) is 98.3 Å². The van der Waals surface area contributed by atoms with E-state index < -0.39 is 92.6 Å². The first-order valence-corrected chi connectivity index (χ1v) is 24.4. The highest BCUT2D eigenvalue weighted by Gasteiger charge is 2.55. The standard InChI is InChI=1S/C42H58IN5O9S/c1-25(2)33-35-27(28-22-26(55-8)16-17-30(28)44-33)18-19-42(56-35)23-32-36(49)46-34(37(50)47-58(53,54)41(6)20-21-41)29(43-7)14-12-10-9-11-13-15-31(38(51)48(32)24-42)45-39(52)57-40(3,4)5/h12,14,16-17,22,25,29,31-32,34H,7,9-11,13,15,18-21,23-24H2,1-6,8H3,(H,45,52)(H,46,49)(H,47,50)/b14-12-/t29-,31-,32-,34?,42+/m0/s1.